The van der Waals surface area contributed by atoms with E-state index in [0.717, 1.165) is 18.2 Å². The first kappa shape index (κ1) is 36.7. The van der Waals surface area contributed by atoms with Gasteiger partial charge in [-0.3, -0.25) is 24.0 Å². The van der Waals surface area contributed by atoms with Gasteiger partial charge in [0.2, 0.25) is 11.8 Å². The minimum Gasteiger partial charge on any atom is -0.483 e. The van der Waals surface area contributed by atoms with Crippen molar-refractivity contribution in [3.05, 3.63) is 35.5 Å². The molecule has 0 bridgehead atoms. The number of pyridine rings is 1. The summed E-state index contributed by atoms with van der Waals surface area (Å²) in [6, 6.07) is 0.905. The molecule has 3 heterocycles. The fourth-order valence-electron chi connectivity index (χ4n) is 5.68. The summed E-state index contributed by atoms with van der Waals surface area (Å²) in [7, 11) is 0. The second kappa shape index (κ2) is 16.8. The largest absolute Gasteiger partial charge is 0.483 e. The Morgan fingerprint density at radius 3 is 2.43 bits per heavy atom. The smallest absolute Gasteiger partial charge is 0.409 e. The van der Waals surface area contributed by atoms with Gasteiger partial charge in [-0.15, -0.1) is 0 Å². The first-order valence-corrected chi connectivity index (χ1v) is 16.2. The number of carbonyl (C=O) groups excluding carboxylic acids is 5. The molecule has 2 saturated heterocycles. The van der Waals surface area contributed by atoms with Crippen LogP contribution in [-0.2, 0) is 23.9 Å². The zero-order valence-electron chi connectivity index (χ0n) is 27.3. The number of carboxylic acids is 1. The Bertz CT molecular complexity index is 1580. The number of amides is 5. The summed E-state index contributed by atoms with van der Waals surface area (Å²) >= 11 is 0. The Morgan fingerprint density at radius 2 is 1.76 bits per heavy atom. The van der Waals surface area contributed by atoms with Crippen molar-refractivity contribution < 1.29 is 52.1 Å². The van der Waals surface area contributed by atoms with Gasteiger partial charge in [0.15, 0.2) is 18.2 Å². The molecule has 0 saturated carbocycles. The van der Waals surface area contributed by atoms with E-state index in [9.17, 15) is 38.3 Å². The molecule has 2 unspecified atom stereocenters. The number of carbonyl (C=O) groups is 6. The molecule has 266 valence electrons. The predicted octanol–water partition coefficient (Wildman–Crippen LogP) is 1.67. The number of hydrogen-bond donors (Lipinski definition) is 3. The molecule has 1 aromatic heterocycles. The van der Waals surface area contributed by atoms with Crippen LogP contribution < -0.4 is 15.4 Å². The lowest BCUT2D eigenvalue weighted by molar-refractivity contribution is -0.140. The highest BCUT2D eigenvalue weighted by molar-refractivity contribution is 5.99. The highest BCUT2D eigenvalue weighted by Crippen LogP contribution is 2.30. The number of hydrogen-bond acceptors (Lipinski definition) is 9. The Hall–Kier alpha value is -5.09. The van der Waals surface area contributed by atoms with E-state index in [1.807, 2.05) is 6.92 Å². The van der Waals surface area contributed by atoms with Crippen molar-refractivity contribution in [1.29, 1.82) is 0 Å². The van der Waals surface area contributed by atoms with E-state index in [1.165, 1.54) is 14.7 Å². The van der Waals surface area contributed by atoms with E-state index in [2.05, 4.69) is 15.6 Å². The topological polar surface area (TPSA) is 188 Å². The number of halogens is 2. The van der Waals surface area contributed by atoms with E-state index in [4.69, 9.17) is 9.47 Å². The number of benzene rings is 1. The number of ether oxygens (including phenoxy) is 2. The number of nitrogens with zero attached hydrogens (tertiary/aromatic N) is 4. The van der Waals surface area contributed by atoms with Crippen LogP contribution >= 0.6 is 0 Å². The molecule has 2 aliphatic heterocycles. The molecule has 2 atom stereocenters. The maximum absolute atomic E-state index is 15.0. The lowest BCUT2D eigenvalue weighted by Gasteiger charge is -2.35. The van der Waals surface area contributed by atoms with Crippen LogP contribution in [0.2, 0.25) is 0 Å². The molecule has 2 aromatic rings. The van der Waals surface area contributed by atoms with Crippen molar-refractivity contribution in [2.75, 3.05) is 52.5 Å². The summed E-state index contributed by atoms with van der Waals surface area (Å²) in [4.78, 5) is 84.4. The Labute approximate surface area is 280 Å². The summed E-state index contributed by atoms with van der Waals surface area (Å²) in [6.07, 6.45) is 0.492. The van der Waals surface area contributed by atoms with Crippen molar-refractivity contribution in [3.63, 3.8) is 0 Å². The number of likely N-dealkylation sites (tertiary alicyclic amines) is 1. The summed E-state index contributed by atoms with van der Waals surface area (Å²) in [5.74, 6) is -6.54. The zero-order valence-corrected chi connectivity index (χ0v) is 27.3. The van der Waals surface area contributed by atoms with Gasteiger partial charge in [-0.05, 0) is 44.7 Å². The van der Waals surface area contributed by atoms with E-state index in [-0.39, 0.29) is 62.1 Å². The second-order valence-corrected chi connectivity index (χ2v) is 11.6. The highest BCUT2D eigenvalue weighted by Gasteiger charge is 2.35. The molecule has 0 aliphatic carbocycles. The summed E-state index contributed by atoms with van der Waals surface area (Å²) < 4.78 is 40.0. The van der Waals surface area contributed by atoms with Crippen LogP contribution in [0.4, 0.5) is 13.6 Å². The summed E-state index contributed by atoms with van der Waals surface area (Å²) in [5, 5.41) is 14.1. The van der Waals surface area contributed by atoms with Gasteiger partial charge in [-0.2, -0.15) is 0 Å². The summed E-state index contributed by atoms with van der Waals surface area (Å²) in [5.41, 5.74) is -0.560. The van der Waals surface area contributed by atoms with Crippen LogP contribution in [0.3, 0.4) is 0 Å². The summed E-state index contributed by atoms with van der Waals surface area (Å²) in [6.45, 7) is 4.38. The van der Waals surface area contributed by atoms with E-state index in [0.29, 0.717) is 32.4 Å². The number of piperazine rings is 1. The zero-order chi connectivity index (χ0) is 35.7. The molecule has 2 fully saturated rings. The van der Waals surface area contributed by atoms with Gasteiger partial charge in [-0.25, -0.2) is 18.6 Å². The van der Waals surface area contributed by atoms with Gasteiger partial charge < -0.3 is 39.9 Å². The quantitative estimate of drug-likeness (QED) is 0.279. The lowest BCUT2D eigenvalue weighted by atomic mass is 10.1. The molecular weight excluding hydrogens is 650 g/mol. The molecular formula is C32H40F2N6O9. The van der Waals surface area contributed by atoms with Crippen LogP contribution in [0.1, 0.15) is 56.4 Å². The number of fused-ring (bicyclic) bond motifs is 1. The van der Waals surface area contributed by atoms with Gasteiger partial charge in [0.25, 0.3) is 11.8 Å². The minimum absolute atomic E-state index is 0.111. The predicted molar refractivity (Wildman–Crippen MR) is 168 cm³/mol. The van der Waals surface area contributed by atoms with Crippen molar-refractivity contribution in [2.45, 2.75) is 58.0 Å². The monoisotopic (exact) mass is 690 g/mol. The molecule has 3 N–H and O–H groups in total. The van der Waals surface area contributed by atoms with Crippen molar-refractivity contribution in [3.8, 4) is 5.75 Å². The molecule has 0 radical (unpaired) electrons. The third kappa shape index (κ3) is 9.08. The molecule has 2 aliphatic rings. The van der Waals surface area contributed by atoms with Crippen LogP contribution in [0.25, 0.3) is 10.9 Å². The average Bonchev–Trinajstić information content (AvgIpc) is 3.59. The third-order valence-electron chi connectivity index (χ3n) is 8.20. The number of rotatable bonds is 13. The van der Waals surface area contributed by atoms with Crippen molar-refractivity contribution in [2.24, 2.45) is 0 Å². The maximum Gasteiger partial charge on any atom is 0.409 e. The molecule has 15 nitrogen and oxygen atoms in total. The standard InChI is InChI=1S/C32H40F2N6O9/c1-3-11-35-30(45)23-6-5-12-40(23)25(41)18-49-24-17-22(36-20-8-7-19(33)28(34)27(20)24)29(44)37-21(9-10-26(42)43)31(46)38-13-15-39(16-14-38)32(47)48-4-2/h7-8,17,21,23H,3-6,9-16,18H2,1-2H3,(H,35,45)(H,37,44)(H,42,43). The molecule has 0 spiro atoms. The van der Waals surface area contributed by atoms with Gasteiger partial charge in [-0.1, -0.05) is 6.92 Å². The number of aliphatic carboxylic acids is 1. The molecule has 17 heteroatoms. The van der Waals surface area contributed by atoms with Gasteiger partial charge >= 0.3 is 12.1 Å². The van der Waals surface area contributed by atoms with E-state index >= 15 is 4.39 Å². The molecule has 4 rings (SSSR count). The second-order valence-electron chi connectivity index (χ2n) is 11.6. The number of aromatic nitrogens is 1. The van der Waals surface area contributed by atoms with E-state index < -0.39 is 71.9 Å². The first-order valence-electron chi connectivity index (χ1n) is 16.2. The van der Waals surface area contributed by atoms with Crippen LogP contribution in [0.15, 0.2) is 18.2 Å². The molecule has 5 amide bonds. The highest BCUT2D eigenvalue weighted by atomic mass is 19.2. The Balaban J connectivity index is 1.54. The Morgan fingerprint density at radius 1 is 1.04 bits per heavy atom. The fourth-order valence-corrected chi connectivity index (χ4v) is 5.68. The number of carboxylic acid groups (broad SMARTS) is 1. The van der Waals surface area contributed by atoms with Gasteiger partial charge in [0.05, 0.1) is 17.5 Å². The molecule has 49 heavy (non-hydrogen) atoms. The average molecular weight is 691 g/mol. The lowest BCUT2D eigenvalue weighted by Crippen LogP contribution is -2.56. The Kier molecular flexibility index (Phi) is 12.6. The third-order valence-corrected chi connectivity index (χ3v) is 8.20. The number of nitrogens with one attached hydrogen (secondary N) is 2. The SMILES string of the molecule is CCCNC(=O)C1CCCN1C(=O)COc1cc(C(=O)NC(CCC(=O)O)C(=O)N2CCN(C(=O)OCC)CC2)nc2ccc(F)c(F)c12. The van der Waals surface area contributed by atoms with Crippen molar-refractivity contribution >= 4 is 46.6 Å². The van der Waals surface area contributed by atoms with Crippen LogP contribution in [0, 0.1) is 11.6 Å². The van der Waals surface area contributed by atoms with Crippen molar-refractivity contribution in [1.82, 2.24) is 30.3 Å². The fraction of sp³-hybridized carbons (Fsp3) is 0.531. The minimum atomic E-state index is -1.33. The van der Waals surface area contributed by atoms with Gasteiger partial charge in [0.1, 0.15) is 23.5 Å². The van der Waals surface area contributed by atoms with Gasteiger partial charge in [0, 0.05) is 51.8 Å². The maximum atomic E-state index is 15.0. The normalized spacial score (nSPS) is 16.7. The molecule has 1 aromatic carbocycles. The van der Waals surface area contributed by atoms with E-state index in [1.54, 1.807) is 6.92 Å². The first-order chi connectivity index (χ1) is 23.4. The van der Waals surface area contributed by atoms with Crippen LogP contribution in [-0.4, -0.2) is 125 Å². The van der Waals surface area contributed by atoms with Crippen LogP contribution in [0.5, 0.6) is 5.75 Å².